The Labute approximate surface area is 218 Å². The second kappa shape index (κ2) is 16.2. The van der Waals surface area contributed by atoms with Gasteiger partial charge in [-0.15, -0.1) is 0 Å². The maximum absolute atomic E-state index is 12.2. The fourth-order valence-corrected chi connectivity index (χ4v) is 3.57. The number of hydrogen-bond acceptors (Lipinski definition) is 13. The molecule has 0 aliphatic heterocycles. The highest BCUT2D eigenvalue weighted by atomic mass is 32.2. The normalized spacial score (nSPS) is 13.7. The fraction of sp³-hybridized carbons (Fsp3) is 0.583. The first-order valence-corrected chi connectivity index (χ1v) is 12.5. The van der Waals surface area contributed by atoms with Crippen molar-refractivity contribution in [1.82, 2.24) is 0 Å². The molecule has 0 heterocycles. The molecule has 0 fully saturated rings. The molecule has 4 N–H and O–H groups in total. The summed E-state index contributed by atoms with van der Waals surface area (Å²) in [6.45, 7) is 1.48. The SMILES string of the molecule is COC(=O)C(C)(C)CC(=O)OCC(O)COC(=O)c1ccc(C(=O)OCC(O)CSCC(O)CO)cc1. The molecule has 3 atom stereocenters. The van der Waals surface area contributed by atoms with Crippen LogP contribution in [0.2, 0.25) is 0 Å². The first-order chi connectivity index (χ1) is 17.4. The van der Waals surface area contributed by atoms with E-state index in [2.05, 4.69) is 4.74 Å². The van der Waals surface area contributed by atoms with Crippen molar-refractivity contribution in [2.45, 2.75) is 38.6 Å². The minimum atomic E-state index is -1.29. The lowest BCUT2D eigenvalue weighted by Crippen LogP contribution is -2.31. The van der Waals surface area contributed by atoms with Gasteiger partial charge in [0.2, 0.25) is 0 Å². The molecule has 0 radical (unpaired) electrons. The van der Waals surface area contributed by atoms with Crippen molar-refractivity contribution in [3.05, 3.63) is 35.4 Å². The van der Waals surface area contributed by atoms with Gasteiger partial charge in [-0.05, 0) is 38.1 Å². The number of aliphatic hydroxyl groups excluding tert-OH is 4. The highest BCUT2D eigenvalue weighted by Gasteiger charge is 2.32. The highest BCUT2D eigenvalue weighted by molar-refractivity contribution is 7.99. The zero-order valence-corrected chi connectivity index (χ0v) is 21.8. The second-order valence-electron chi connectivity index (χ2n) is 8.69. The Balaban J connectivity index is 2.40. The van der Waals surface area contributed by atoms with Crippen molar-refractivity contribution < 1.29 is 58.6 Å². The number of aliphatic hydroxyl groups is 4. The molecule has 13 heteroatoms. The minimum Gasteiger partial charge on any atom is -0.469 e. The van der Waals surface area contributed by atoms with Crippen molar-refractivity contribution in [1.29, 1.82) is 0 Å². The summed E-state index contributed by atoms with van der Waals surface area (Å²) in [4.78, 5) is 47.8. The van der Waals surface area contributed by atoms with Crippen molar-refractivity contribution in [2.75, 3.05) is 45.0 Å². The number of carbonyl (C=O) groups excluding carboxylic acids is 4. The topological polar surface area (TPSA) is 186 Å². The van der Waals surface area contributed by atoms with Gasteiger partial charge in [-0.1, -0.05) is 0 Å². The Kier molecular flexibility index (Phi) is 14.1. The van der Waals surface area contributed by atoms with Crippen LogP contribution in [0.4, 0.5) is 0 Å². The van der Waals surface area contributed by atoms with E-state index in [4.69, 9.17) is 19.3 Å². The molecule has 0 aromatic heterocycles. The average molecular weight is 547 g/mol. The first-order valence-electron chi connectivity index (χ1n) is 11.3. The molecule has 0 bridgehead atoms. The zero-order valence-electron chi connectivity index (χ0n) is 21.0. The molecule has 1 aromatic carbocycles. The molecular formula is C24H34O12S. The summed E-state index contributed by atoms with van der Waals surface area (Å²) in [5, 5.41) is 37.7. The van der Waals surface area contributed by atoms with Crippen LogP contribution in [0, 0.1) is 5.41 Å². The van der Waals surface area contributed by atoms with Crippen LogP contribution in [0.15, 0.2) is 24.3 Å². The molecule has 208 valence electrons. The summed E-state index contributed by atoms with van der Waals surface area (Å²) in [6.07, 6.45) is -3.39. The number of benzene rings is 1. The summed E-state index contributed by atoms with van der Waals surface area (Å²) in [6, 6.07) is 5.31. The summed E-state index contributed by atoms with van der Waals surface area (Å²) in [7, 11) is 1.20. The highest BCUT2D eigenvalue weighted by Crippen LogP contribution is 2.22. The lowest BCUT2D eigenvalue weighted by molar-refractivity contribution is -0.160. The first kappa shape index (κ1) is 32.3. The van der Waals surface area contributed by atoms with E-state index < -0.39 is 60.8 Å². The molecular weight excluding hydrogens is 512 g/mol. The minimum absolute atomic E-state index is 0.0967. The predicted octanol–water partition coefficient (Wildman–Crippen LogP) is -0.0591. The van der Waals surface area contributed by atoms with Gasteiger partial charge < -0.3 is 39.4 Å². The smallest absolute Gasteiger partial charge is 0.338 e. The molecule has 0 aliphatic carbocycles. The number of ether oxygens (including phenoxy) is 4. The van der Waals surface area contributed by atoms with Crippen molar-refractivity contribution in [3.63, 3.8) is 0 Å². The van der Waals surface area contributed by atoms with Gasteiger partial charge in [-0.3, -0.25) is 9.59 Å². The van der Waals surface area contributed by atoms with E-state index in [1.165, 1.54) is 57.0 Å². The quantitative estimate of drug-likeness (QED) is 0.160. The Hall–Kier alpha value is -2.71. The fourth-order valence-electron chi connectivity index (χ4n) is 2.69. The van der Waals surface area contributed by atoms with Gasteiger partial charge in [-0.25, -0.2) is 9.59 Å². The summed E-state index contributed by atoms with van der Waals surface area (Å²) < 4.78 is 19.5. The number of carbonyl (C=O) groups is 4. The zero-order chi connectivity index (χ0) is 28.0. The average Bonchev–Trinajstić information content (AvgIpc) is 2.88. The molecule has 0 spiro atoms. The Morgan fingerprint density at radius 1 is 0.811 bits per heavy atom. The van der Waals surface area contributed by atoms with Crippen LogP contribution >= 0.6 is 11.8 Å². The van der Waals surface area contributed by atoms with Crippen LogP contribution in [0.3, 0.4) is 0 Å². The maximum atomic E-state index is 12.2. The van der Waals surface area contributed by atoms with E-state index in [9.17, 15) is 34.5 Å². The van der Waals surface area contributed by atoms with Gasteiger partial charge in [0.15, 0.2) is 0 Å². The third-order valence-electron chi connectivity index (χ3n) is 4.76. The number of hydrogen-bond donors (Lipinski definition) is 4. The monoisotopic (exact) mass is 546 g/mol. The lowest BCUT2D eigenvalue weighted by atomic mass is 9.90. The molecule has 0 saturated carbocycles. The molecule has 0 amide bonds. The lowest BCUT2D eigenvalue weighted by Gasteiger charge is -2.20. The Morgan fingerprint density at radius 3 is 1.76 bits per heavy atom. The van der Waals surface area contributed by atoms with E-state index in [1.54, 1.807) is 0 Å². The summed E-state index contributed by atoms with van der Waals surface area (Å²) in [5.74, 6) is -2.37. The van der Waals surface area contributed by atoms with E-state index in [1.807, 2.05) is 0 Å². The number of esters is 4. The molecule has 1 aromatic rings. The largest absolute Gasteiger partial charge is 0.469 e. The van der Waals surface area contributed by atoms with E-state index >= 15 is 0 Å². The van der Waals surface area contributed by atoms with Crippen molar-refractivity contribution in [2.24, 2.45) is 5.41 Å². The third-order valence-corrected chi connectivity index (χ3v) is 6.00. The van der Waals surface area contributed by atoms with Gasteiger partial charge in [0.1, 0.15) is 25.9 Å². The molecule has 12 nitrogen and oxygen atoms in total. The van der Waals surface area contributed by atoms with Crippen LogP contribution in [0.1, 0.15) is 41.0 Å². The molecule has 37 heavy (non-hydrogen) atoms. The number of rotatable bonds is 16. The van der Waals surface area contributed by atoms with E-state index in [0.717, 1.165) is 0 Å². The molecule has 0 aliphatic rings. The number of thioether (sulfide) groups is 1. The van der Waals surface area contributed by atoms with Crippen LogP contribution in [-0.4, -0.2) is 108 Å². The molecule has 1 rings (SSSR count). The maximum Gasteiger partial charge on any atom is 0.338 e. The van der Waals surface area contributed by atoms with Crippen molar-refractivity contribution in [3.8, 4) is 0 Å². The molecule has 3 unspecified atom stereocenters. The standard InChI is InChI=1S/C24H34O12S/c1-24(2,23(32)33-3)8-20(29)34-10-18(27)11-35-21(30)15-4-6-16(7-5-15)22(31)36-12-19(28)14-37-13-17(26)9-25/h4-7,17-19,25-28H,8-14H2,1-3H3. The van der Waals surface area contributed by atoms with Gasteiger partial charge >= 0.3 is 23.9 Å². The summed E-state index contributed by atoms with van der Waals surface area (Å²) >= 11 is 1.20. The molecule has 0 saturated heterocycles. The van der Waals surface area contributed by atoms with Crippen LogP contribution in [-0.2, 0) is 28.5 Å². The van der Waals surface area contributed by atoms with Gasteiger partial charge in [0, 0.05) is 11.5 Å². The van der Waals surface area contributed by atoms with Crippen LogP contribution < -0.4 is 0 Å². The van der Waals surface area contributed by atoms with Gasteiger partial charge in [0.05, 0.1) is 48.9 Å². The van der Waals surface area contributed by atoms with Crippen LogP contribution in [0.5, 0.6) is 0 Å². The Bertz CT molecular complexity index is 886. The van der Waals surface area contributed by atoms with Crippen molar-refractivity contribution >= 4 is 35.6 Å². The van der Waals surface area contributed by atoms with E-state index in [0.29, 0.717) is 0 Å². The second-order valence-corrected chi connectivity index (χ2v) is 9.77. The van der Waals surface area contributed by atoms with Crippen LogP contribution in [0.25, 0.3) is 0 Å². The third kappa shape index (κ3) is 12.4. The van der Waals surface area contributed by atoms with Gasteiger partial charge in [0.25, 0.3) is 0 Å². The summed E-state index contributed by atoms with van der Waals surface area (Å²) in [5.41, 5.74) is -0.861. The van der Waals surface area contributed by atoms with E-state index in [-0.39, 0.29) is 42.3 Å². The predicted molar refractivity (Wildman–Crippen MR) is 131 cm³/mol. The number of methoxy groups -OCH3 is 1. The Morgan fingerprint density at radius 2 is 1.27 bits per heavy atom. The van der Waals surface area contributed by atoms with Gasteiger partial charge in [-0.2, -0.15) is 11.8 Å².